The molecule has 1 aliphatic carbocycles. The van der Waals surface area contributed by atoms with Crippen molar-refractivity contribution in [3.63, 3.8) is 0 Å². The van der Waals surface area contributed by atoms with Crippen LogP contribution in [0, 0.1) is 6.92 Å². The SMILES string of the molecule is Cc1ccsc1C1C(CNC2CC2)OCCN1C. The van der Waals surface area contributed by atoms with Gasteiger partial charge in [0.15, 0.2) is 0 Å². The van der Waals surface area contributed by atoms with Crippen LogP contribution in [-0.2, 0) is 4.74 Å². The number of nitrogens with zero attached hydrogens (tertiary/aromatic N) is 1. The normalized spacial score (nSPS) is 29.7. The number of thiophene rings is 1. The minimum atomic E-state index is 0.293. The molecule has 1 aromatic rings. The maximum atomic E-state index is 6.02. The maximum absolute atomic E-state index is 6.02. The Bertz CT molecular complexity index is 402. The van der Waals surface area contributed by atoms with Gasteiger partial charge in [0.2, 0.25) is 0 Å². The second-order valence-corrected chi connectivity index (χ2v) is 6.43. The van der Waals surface area contributed by atoms with Crippen LogP contribution in [0.2, 0.25) is 0 Å². The lowest BCUT2D eigenvalue weighted by Crippen LogP contribution is -2.47. The van der Waals surface area contributed by atoms with Crippen LogP contribution in [0.1, 0.15) is 29.3 Å². The second kappa shape index (κ2) is 5.29. The summed E-state index contributed by atoms with van der Waals surface area (Å²) >= 11 is 1.86. The fourth-order valence-corrected chi connectivity index (χ4v) is 3.80. The van der Waals surface area contributed by atoms with Crippen molar-refractivity contribution in [1.82, 2.24) is 10.2 Å². The van der Waals surface area contributed by atoms with Gasteiger partial charge in [0, 0.05) is 24.0 Å². The summed E-state index contributed by atoms with van der Waals surface area (Å²) < 4.78 is 6.02. The molecule has 1 aromatic heterocycles. The average Bonchev–Trinajstić information content (AvgIpc) is 3.09. The van der Waals surface area contributed by atoms with Crippen molar-refractivity contribution in [1.29, 1.82) is 0 Å². The van der Waals surface area contributed by atoms with Gasteiger partial charge in [-0.15, -0.1) is 11.3 Å². The molecule has 1 saturated carbocycles. The van der Waals surface area contributed by atoms with Crippen LogP contribution in [0.5, 0.6) is 0 Å². The summed E-state index contributed by atoms with van der Waals surface area (Å²) in [5, 5.41) is 5.80. The molecule has 0 spiro atoms. The smallest absolute Gasteiger partial charge is 0.0904 e. The molecule has 0 aromatic carbocycles. The van der Waals surface area contributed by atoms with Gasteiger partial charge < -0.3 is 10.1 Å². The van der Waals surface area contributed by atoms with E-state index in [1.807, 2.05) is 11.3 Å². The van der Waals surface area contributed by atoms with Gasteiger partial charge in [-0.05, 0) is 43.8 Å². The summed E-state index contributed by atoms with van der Waals surface area (Å²) in [7, 11) is 2.22. The third-order valence-electron chi connectivity index (χ3n) is 3.96. The molecular formula is C14H22N2OS. The molecule has 18 heavy (non-hydrogen) atoms. The molecule has 1 saturated heterocycles. The number of hydrogen-bond donors (Lipinski definition) is 1. The van der Waals surface area contributed by atoms with Crippen LogP contribution < -0.4 is 5.32 Å². The molecule has 0 bridgehead atoms. The minimum absolute atomic E-state index is 0.293. The van der Waals surface area contributed by atoms with Crippen molar-refractivity contribution in [3.8, 4) is 0 Å². The van der Waals surface area contributed by atoms with E-state index in [1.165, 1.54) is 23.3 Å². The Labute approximate surface area is 113 Å². The highest BCUT2D eigenvalue weighted by Crippen LogP contribution is 2.34. The largest absolute Gasteiger partial charge is 0.374 e. The summed E-state index contributed by atoms with van der Waals surface area (Å²) in [5.74, 6) is 0. The van der Waals surface area contributed by atoms with E-state index in [4.69, 9.17) is 4.74 Å². The Morgan fingerprint density at radius 2 is 2.33 bits per heavy atom. The van der Waals surface area contributed by atoms with Gasteiger partial charge in [-0.1, -0.05) is 0 Å². The Morgan fingerprint density at radius 1 is 1.50 bits per heavy atom. The number of aryl methyl sites for hydroxylation is 1. The minimum Gasteiger partial charge on any atom is -0.374 e. The highest BCUT2D eigenvalue weighted by molar-refractivity contribution is 7.10. The Balaban J connectivity index is 1.74. The number of morpholine rings is 1. The Morgan fingerprint density at radius 3 is 3.00 bits per heavy atom. The molecule has 0 radical (unpaired) electrons. The summed E-state index contributed by atoms with van der Waals surface area (Å²) in [5.41, 5.74) is 1.40. The van der Waals surface area contributed by atoms with Crippen LogP contribution in [0.3, 0.4) is 0 Å². The van der Waals surface area contributed by atoms with E-state index in [0.717, 1.165) is 25.7 Å². The molecule has 2 aliphatic rings. The first-order valence-corrected chi connectivity index (χ1v) is 7.73. The lowest BCUT2D eigenvalue weighted by molar-refractivity contribution is -0.0605. The topological polar surface area (TPSA) is 24.5 Å². The summed E-state index contributed by atoms with van der Waals surface area (Å²) in [6.07, 6.45) is 2.97. The van der Waals surface area contributed by atoms with Crippen LogP contribution in [0.25, 0.3) is 0 Å². The molecule has 0 amide bonds. The van der Waals surface area contributed by atoms with E-state index < -0.39 is 0 Å². The molecule has 2 heterocycles. The highest BCUT2D eigenvalue weighted by atomic mass is 32.1. The van der Waals surface area contributed by atoms with Crippen molar-refractivity contribution in [2.75, 3.05) is 26.7 Å². The molecule has 4 heteroatoms. The van der Waals surface area contributed by atoms with E-state index in [9.17, 15) is 0 Å². The number of nitrogens with one attached hydrogen (secondary N) is 1. The molecule has 2 unspecified atom stereocenters. The van der Waals surface area contributed by atoms with E-state index in [0.29, 0.717) is 12.1 Å². The summed E-state index contributed by atoms with van der Waals surface area (Å²) in [4.78, 5) is 3.92. The second-order valence-electron chi connectivity index (χ2n) is 5.49. The molecule has 2 atom stereocenters. The van der Waals surface area contributed by atoms with Gasteiger partial charge in [-0.2, -0.15) is 0 Å². The van der Waals surface area contributed by atoms with Crippen molar-refractivity contribution in [3.05, 3.63) is 21.9 Å². The average molecular weight is 266 g/mol. The number of likely N-dealkylation sites (N-methyl/N-ethyl adjacent to an activating group) is 1. The molecule has 3 nitrogen and oxygen atoms in total. The first kappa shape index (κ1) is 12.6. The van der Waals surface area contributed by atoms with Crippen LogP contribution in [-0.4, -0.2) is 43.8 Å². The van der Waals surface area contributed by atoms with Gasteiger partial charge in [0.1, 0.15) is 0 Å². The maximum Gasteiger partial charge on any atom is 0.0904 e. The predicted molar refractivity (Wildman–Crippen MR) is 75.2 cm³/mol. The van der Waals surface area contributed by atoms with Gasteiger partial charge in [0.05, 0.1) is 18.8 Å². The van der Waals surface area contributed by atoms with E-state index in [1.54, 1.807) is 0 Å². The highest BCUT2D eigenvalue weighted by Gasteiger charge is 2.34. The van der Waals surface area contributed by atoms with Crippen LogP contribution in [0.4, 0.5) is 0 Å². The first-order chi connectivity index (χ1) is 8.75. The van der Waals surface area contributed by atoms with Gasteiger partial charge in [-0.3, -0.25) is 4.90 Å². The fraction of sp³-hybridized carbons (Fsp3) is 0.714. The van der Waals surface area contributed by atoms with Crippen LogP contribution >= 0.6 is 11.3 Å². The van der Waals surface area contributed by atoms with E-state index >= 15 is 0 Å². The third-order valence-corrected chi connectivity index (χ3v) is 5.05. The molecular weight excluding hydrogens is 244 g/mol. The van der Waals surface area contributed by atoms with Gasteiger partial charge in [-0.25, -0.2) is 0 Å². The zero-order chi connectivity index (χ0) is 12.5. The first-order valence-electron chi connectivity index (χ1n) is 6.85. The number of rotatable bonds is 4. The lowest BCUT2D eigenvalue weighted by atomic mass is 10.0. The third kappa shape index (κ3) is 2.62. The monoisotopic (exact) mass is 266 g/mol. The van der Waals surface area contributed by atoms with Crippen LogP contribution in [0.15, 0.2) is 11.4 Å². The van der Waals surface area contributed by atoms with E-state index in [2.05, 4.69) is 35.6 Å². The van der Waals surface area contributed by atoms with Gasteiger partial charge in [0.25, 0.3) is 0 Å². The Kier molecular flexibility index (Phi) is 3.71. The van der Waals surface area contributed by atoms with Gasteiger partial charge >= 0.3 is 0 Å². The zero-order valence-corrected chi connectivity index (χ0v) is 12.0. The fourth-order valence-electron chi connectivity index (χ4n) is 2.66. The molecule has 1 N–H and O–H groups in total. The van der Waals surface area contributed by atoms with Crippen molar-refractivity contribution < 1.29 is 4.74 Å². The number of ether oxygens (including phenoxy) is 1. The lowest BCUT2D eigenvalue weighted by Gasteiger charge is -2.39. The van der Waals surface area contributed by atoms with Crippen molar-refractivity contribution in [2.24, 2.45) is 0 Å². The molecule has 3 rings (SSSR count). The summed E-state index contributed by atoms with van der Waals surface area (Å²) in [6, 6.07) is 3.39. The molecule has 100 valence electrons. The van der Waals surface area contributed by atoms with E-state index in [-0.39, 0.29) is 0 Å². The standard InChI is InChI=1S/C14H22N2OS/c1-10-5-8-18-14(10)13-12(9-15-11-3-4-11)17-7-6-16(13)2/h5,8,11-13,15H,3-4,6-7,9H2,1-2H3. The van der Waals surface area contributed by atoms with Crippen molar-refractivity contribution in [2.45, 2.75) is 38.0 Å². The Hall–Kier alpha value is -0.420. The van der Waals surface area contributed by atoms with Crippen molar-refractivity contribution >= 4 is 11.3 Å². The molecule has 1 aliphatic heterocycles. The predicted octanol–water partition coefficient (Wildman–Crippen LogP) is 2.18. The molecule has 2 fully saturated rings. The summed E-state index contributed by atoms with van der Waals surface area (Å²) in [6.45, 7) is 5.08. The number of hydrogen-bond acceptors (Lipinski definition) is 4. The quantitative estimate of drug-likeness (QED) is 0.904. The zero-order valence-electron chi connectivity index (χ0n) is 11.2.